The van der Waals surface area contributed by atoms with E-state index in [1.807, 2.05) is 0 Å². The van der Waals surface area contributed by atoms with Gasteiger partial charge in [0.2, 0.25) is 0 Å². The normalized spacial score (nSPS) is 25.4. The number of esters is 1. The lowest BCUT2D eigenvalue weighted by Gasteiger charge is -2.30. The average Bonchev–Trinajstić information content (AvgIpc) is 2.47. The maximum atomic E-state index is 12.2. The summed E-state index contributed by atoms with van der Waals surface area (Å²) >= 11 is 3.32. The standard InChI is InChI=1S/C17H21BrO3/c1-11-3-4-12(2)15(9-11)17(20)21-10-16(19)13-5-7-14(18)8-6-13/h5-8,11-12,15H,3-4,9-10H2,1-2H3/t11-,12+,15-/m1/s1. The Morgan fingerprint density at radius 3 is 2.52 bits per heavy atom. The van der Waals surface area contributed by atoms with E-state index >= 15 is 0 Å². The molecule has 3 atom stereocenters. The van der Waals surface area contributed by atoms with Gasteiger partial charge in [-0.15, -0.1) is 0 Å². The Labute approximate surface area is 134 Å². The largest absolute Gasteiger partial charge is 0.457 e. The van der Waals surface area contributed by atoms with Gasteiger partial charge in [0.25, 0.3) is 0 Å². The van der Waals surface area contributed by atoms with Crippen molar-refractivity contribution < 1.29 is 14.3 Å². The minimum Gasteiger partial charge on any atom is -0.457 e. The minimum absolute atomic E-state index is 0.0635. The van der Waals surface area contributed by atoms with E-state index in [4.69, 9.17) is 4.74 Å². The Balaban J connectivity index is 1.88. The van der Waals surface area contributed by atoms with Crippen LogP contribution in [-0.4, -0.2) is 18.4 Å². The molecular weight excluding hydrogens is 332 g/mol. The number of benzene rings is 1. The highest BCUT2D eigenvalue weighted by Gasteiger charge is 2.32. The molecule has 0 radical (unpaired) electrons. The molecule has 2 rings (SSSR count). The van der Waals surface area contributed by atoms with Crippen molar-refractivity contribution in [2.45, 2.75) is 33.1 Å². The molecule has 0 saturated heterocycles. The summed E-state index contributed by atoms with van der Waals surface area (Å²) in [6.07, 6.45) is 3.09. The van der Waals surface area contributed by atoms with E-state index in [-0.39, 0.29) is 24.3 Å². The molecule has 0 N–H and O–H groups in total. The molecule has 4 heteroatoms. The summed E-state index contributed by atoms with van der Waals surface area (Å²) in [6.45, 7) is 4.09. The van der Waals surface area contributed by atoms with Gasteiger partial charge in [0.1, 0.15) is 0 Å². The first-order valence-electron chi connectivity index (χ1n) is 7.42. The number of halogens is 1. The summed E-state index contributed by atoms with van der Waals surface area (Å²) in [5.41, 5.74) is 0.566. The zero-order chi connectivity index (χ0) is 15.4. The van der Waals surface area contributed by atoms with Crippen molar-refractivity contribution in [3.63, 3.8) is 0 Å². The first kappa shape index (κ1) is 16.2. The molecule has 0 aromatic heterocycles. The van der Waals surface area contributed by atoms with E-state index in [0.717, 1.165) is 17.3 Å². The Hall–Kier alpha value is -1.16. The first-order chi connectivity index (χ1) is 9.97. The summed E-state index contributed by atoms with van der Waals surface area (Å²) in [7, 11) is 0. The van der Waals surface area contributed by atoms with Crippen molar-refractivity contribution in [3.05, 3.63) is 34.3 Å². The van der Waals surface area contributed by atoms with Crippen LogP contribution in [0.25, 0.3) is 0 Å². The van der Waals surface area contributed by atoms with Gasteiger partial charge in [-0.25, -0.2) is 0 Å². The number of Topliss-reactive ketones (excluding diaryl/α,β-unsaturated/α-hetero) is 1. The number of hydrogen-bond acceptors (Lipinski definition) is 3. The Bertz CT molecular complexity index is 509. The molecule has 1 fully saturated rings. The van der Waals surface area contributed by atoms with E-state index in [0.29, 0.717) is 17.4 Å². The van der Waals surface area contributed by atoms with E-state index in [1.165, 1.54) is 6.42 Å². The fraction of sp³-hybridized carbons (Fsp3) is 0.529. The van der Waals surface area contributed by atoms with Crippen LogP contribution < -0.4 is 0 Å². The smallest absolute Gasteiger partial charge is 0.309 e. The SMILES string of the molecule is C[C@@H]1CC[C@H](C)[C@H](C(=O)OCC(=O)c2ccc(Br)cc2)C1. The summed E-state index contributed by atoms with van der Waals surface area (Å²) < 4.78 is 6.16. The van der Waals surface area contributed by atoms with Crippen molar-refractivity contribution in [1.29, 1.82) is 0 Å². The second-order valence-corrected chi connectivity index (χ2v) is 6.96. The molecule has 1 aromatic carbocycles. The molecule has 0 heterocycles. The summed E-state index contributed by atoms with van der Waals surface area (Å²) in [5.74, 6) is 0.454. The van der Waals surface area contributed by atoms with Crippen LogP contribution >= 0.6 is 15.9 Å². The van der Waals surface area contributed by atoms with E-state index in [2.05, 4.69) is 29.8 Å². The minimum atomic E-state index is -0.223. The number of hydrogen-bond donors (Lipinski definition) is 0. The highest BCUT2D eigenvalue weighted by Crippen LogP contribution is 2.34. The molecule has 114 valence electrons. The summed E-state index contributed by atoms with van der Waals surface area (Å²) in [6, 6.07) is 7.07. The molecule has 0 aliphatic heterocycles. The molecule has 0 amide bonds. The van der Waals surface area contributed by atoms with Crippen molar-refractivity contribution in [2.75, 3.05) is 6.61 Å². The van der Waals surface area contributed by atoms with Crippen molar-refractivity contribution >= 4 is 27.7 Å². The number of carbonyl (C=O) groups excluding carboxylic acids is 2. The number of ketones is 1. The first-order valence-corrected chi connectivity index (χ1v) is 8.22. The molecule has 21 heavy (non-hydrogen) atoms. The molecule has 0 spiro atoms. The fourth-order valence-electron chi connectivity index (χ4n) is 2.82. The van der Waals surface area contributed by atoms with Gasteiger partial charge < -0.3 is 4.74 Å². The van der Waals surface area contributed by atoms with Crippen LogP contribution in [0.15, 0.2) is 28.7 Å². The molecule has 1 aliphatic rings. The zero-order valence-corrected chi connectivity index (χ0v) is 14.1. The third-order valence-electron chi connectivity index (χ3n) is 4.27. The quantitative estimate of drug-likeness (QED) is 0.600. The lowest BCUT2D eigenvalue weighted by molar-refractivity contribution is -0.151. The Kier molecular flexibility index (Phi) is 5.57. The highest BCUT2D eigenvalue weighted by atomic mass is 79.9. The van der Waals surface area contributed by atoms with Gasteiger partial charge in [-0.3, -0.25) is 9.59 Å². The van der Waals surface area contributed by atoms with Gasteiger partial charge >= 0.3 is 5.97 Å². The van der Waals surface area contributed by atoms with E-state index in [1.54, 1.807) is 24.3 Å². The molecular formula is C17H21BrO3. The third kappa shape index (κ3) is 4.40. The number of rotatable bonds is 4. The molecule has 1 aromatic rings. The second kappa shape index (κ2) is 7.21. The Morgan fingerprint density at radius 1 is 1.19 bits per heavy atom. The molecule has 1 saturated carbocycles. The summed E-state index contributed by atoms with van der Waals surface area (Å²) in [5, 5.41) is 0. The van der Waals surface area contributed by atoms with Gasteiger partial charge in [0.15, 0.2) is 12.4 Å². The Morgan fingerprint density at radius 2 is 1.86 bits per heavy atom. The van der Waals surface area contributed by atoms with Gasteiger partial charge in [-0.1, -0.05) is 48.3 Å². The van der Waals surface area contributed by atoms with Crippen molar-refractivity contribution in [2.24, 2.45) is 17.8 Å². The van der Waals surface area contributed by atoms with Gasteiger partial charge in [-0.2, -0.15) is 0 Å². The third-order valence-corrected chi connectivity index (χ3v) is 4.80. The predicted molar refractivity (Wildman–Crippen MR) is 85.1 cm³/mol. The fourth-order valence-corrected chi connectivity index (χ4v) is 3.09. The predicted octanol–water partition coefficient (Wildman–Crippen LogP) is 4.25. The lowest BCUT2D eigenvalue weighted by Crippen LogP contribution is -2.31. The second-order valence-electron chi connectivity index (χ2n) is 6.04. The molecule has 1 aliphatic carbocycles. The van der Waals surface area contributed by atoms with Crippen molar-refractivity contribution in [1.82, 2.24) is 0 Å². The van der Waals surface area contributed by atoms with Crippen LogP contribution in [-0.2, 0) is 9.53 Å². The average molecular weight is 353 g/mol. The lowest BCUT2D eigenvalue weighted by atomic mass is 9.75. The summed E-state index contributed by atoms with van der Waals surface area (Å²) in [4.78, 5) is 24.2. The molecule has 3 nitrogen and oxygen atoms in total. The topological polar surface area (TPSA) is 43.4 Å². The van der Waals surface area contributed by atoms with E-state index in [9.17, 15) is 9.59 Å². The molecule has 0 bridgehead atoms. The van der Waals surface area contributed by atoms with Gasteiger partial charge in [-0.05, 0) is 36.8 Å². The maximum Gasteiger partial charge on any atom is 0.309 e. The number of carbonyl (C=O) groups is 2. The van der Waals surface area contributed by atoms with E-state index < -0.39 is 0 Å². The van der Waals surface area contributed by atoms with Crippen LogP contribution in [0.1, 0.15) is 43.5 Å². The monoisotopic (exact) mass is 352 g/mol. The highest BCUT2D eigenvalue weighted by molar-refractivity contribution is 9.10. The van der Waals surface area contributed by atoms with Gasteiger partial charge in [0, 0.05) is 10.0 Å². The van der Waals surface area contributed by atoms with Crippen LogP contribution in [0.5, 0.6) is 0 Å². The van der Waals surface area contributed by atoms with Crippen LogP contribution in [0.4, 0.5) is 0 Å². The van der Waals surface area contributed by atoms with Crippen molar-refractivity contribution in [3.8, 4) is 0 Å². The molecule has 0 unspecified atom stereocenters. The van der Waals surface area contributed by atoms with Crippen LogP contribution in [0.3, 0.4) is 0 Å². The van der Waals surface area contributed by atoms with Crippen LogP contribution in [0.2, 0.25) is 0 Å². The van der Waals surface area contributed by atoms with Crippen LogP contribution in [0, 0.1) is 17.8 Å². The maximum absolute atomic E-state index is 12.2. The number of ether oxygens (including phenoxy) is 1. The van der Waals surface area contributed by atoms with Gasteiger partial charge in [0.05, 0.1) is 5.92 Å². The zero-order valence-electron chi connectivity index (χ0n) is 12.5.